The Morgan fingerprint density at radius 3 is 2.20 bits per heavy atom. The van der Waals surface area contributed by atoms with Crippen LogP contribution in [-0.2, 0) is 29.0 Å². The lowest BCUT2D eigenvalue weighted by Crippen LogP contribution is -2.51. The Kier molecular flexibility index (Phi) is 10.3. The number of hydrogen-bond acceptors (Lipinski definition) is 2. The lowest BCUT2D eigenvalue weighted by molar-refractivity contribution is -0.140. The Labute approximate surface area is 226 Å². The van der Waals surface area contributed by atoms with Gasteiger partial charge in [0.1, 0.15) is 6.04 Å². The molecule has 0 saturated heterocycles. The van der Waals surface area contributed by atoms with Gasteiger partial charge in [0.2, 0.25) is 11.8 Å². The van der Waals surface area contributed by atoms with E-state index in [9.17, 15) is 9.59 Å². The number of carbonyl (C=O) groups excluding carboxylic acids is 2. The fourth-order valence-corrected chi connectivity index (χ4v) is 4.70. The Balaban J connectivity index is 2.02. The Hall–Kier alpha value is -2.24. The van der Waals surface area contributed by atoms with Gasteiger partial charge in [-0.3, -0.25) is 9.59 Å². The van der Waals surface area contributed by atoms with Gasteiger partial charge in [0, 0.05) is 45.2 Å². The molecule has 3 aromatic carbocycles. The molecule has 184 valence electrons. The first kappa shape index (κ1) is 27.3. The number of hydrogen-bond donors (Lipinski definition) is 1. The molecule has 0 spiro atoms. The third-order valence-electron chi connectivity index (χ3n) is 5.57. The van der Waals surface area contributed by atoms with Crippen LogP contribution in [0.25, 0.3) is 0 Å². The third kappa shape index (κ3) is 7.62. The van der Waals surface area contributed by atoms with Crippen LogP contribution in [-0.4, -0.2) is 29.3 Å². The van der Waals surface area contributed by atoms with E-state index in [0.717, 1.165) is 12.0 Å². The third-order valence-corrected chi connectivity index (χ3v) is 6.86. The highest BCUT2D eigenvalue weighted by Crippen LogP contribution is 2.28. The van der Waals surface area contributed by atoms with Crippen molar-refractivity contribution in [3.05, 3.63) is 104 Å². The molecule has 0 heterocycles. The van der Waals surface area contributed by atoms with E-state index in [1.807, 2.05) is 37.3 Å². The second-order valence-corrected chi connectivity index (χ2v) is 9.79. The van der Waals surface area contributed by atoms with Gasteiger partial charge in [-0.05, 0) is 41.8 Å². The Morgan fingerprint density at radius 1 is 0.886 bits per heavy atom. The molecule has 0 radical (unpaired) electrons. The fraction of sp³-hybridized carbons (Fsp3) is 0.259. The van der Waals surface area contributed by atoms with Gasteiger partial charge in [-0.2, -0.15) is 0 Å². The van der Waals surface area contributed by atoms with Crippen molar-refractivity contribution in [3.63, 3.8) is 0 Å². The Bertz CT molecular complexity index is 1150. The molecule has 2 amide bonds. The van der Waals surface area contributed by atoms with Crippen LogP contribution in [0.4, 0.5) is 0 Å². The summed E-state index contributed by atoms with van der Waals surface area (Å²) in [5.41, 5.74) is 2.12. The maximum atomic E-state index is 13.8. The molecule has 3 rings (SSSR count). The molecular weight excluding hydrogens is 526 g/mol. The van der Waals surface area contributed by atoms with Gasteiger partial charge >= 0.3 is 0 Å². The van der Waals surface area contributed by atoms with Gasteiger partial charge in [-0.15, -0.1) is 0 Å². The van der Waals surface area contributed by atoms with Gasteiger partial charge in [0.05, 0.1) is 6.42 Å². The van der Waals surface area contributed by atoms with Crippen molar-refractivity contribution in [3.8, 4) is 0 Å². The van der Waals surface area contributed by atoms with E-state index in [1.165, 1.54) is 4.90 Å². The number of nitrogens with one attached hydrogen (secondary N) is 1. The lowest BCUT2D eigenvalue weighted by Gasteiger charge is -2.32. The van der Waals surface area contributed by atoms with Gasteiger partial charge < -0.3 is 10.2 Å². The van der Waals surface area contributed by atoms with Crippen LogP contribution < -0.4 is 5.32 Å². The maximum absolute atomic E-state index is 13.8. The molecule has 8 heteroatoms. The van der Waals surface area contributed by atoms with Crippen molar-refractivity contribution >= 4 is 58.2 Å². The zero-order valence-electron chi connectivity index (χ0n) is 19.2. The van der Waals surface area contributed by atoms with Crippen molar-refractivity contribution in [2.24, 2.45) is 0 Å². The molecular formula is C27H26Cl4N2O2. The highest BCUT2D eigenvalue weighted by atomic mass is 35.5. The summed E-state index contributed by atoms with van der Waals surface area (Å²) in [5.74, 6) is -0.521. The van der Waals surface area contributed by atoms with E-state index in [0.29, 0.717) is 44.2 Å². The largest absolute Gasteiger partial charge is 0.354 e. The highest BCUT2D eigenvalue weighted by molar-refractivity contribution is 6.36. The maximum Gasteiger partial charge on any atom is 0.243 e. The van der Waals surface area contributed by atoms with Gasteiger partial charge in [0.25, 0.3) is 0 Å². The number of carbonyl (C=O) groups is 2. The van der Waals surface area contributed by atoms with Gasteiger partial charge in [-0.25, -0.2) is 0 Å². The highest BCUT2D eigenvalue weighted by Gasteiger charge is 2.31. The molecule has 35 heavy (non-hydrogen) atoms. The number of benzene rings is 3. The molecule has 0 fully saturated rings. The van der Waals surface area contributed by atoms with E-state index in [1.54, 1.807) is 36.4 Å². The standard InChI is InChI=1S/C27H26Cl4N2O2/c1-2-13-32-27(35)25(14-18-7-4-3-5-8-18)33(17-21-22(29)9-6-10-23(21)30)26(34)15-19-11-12-20(28)16-24(19)31/h3-12,16,25H,2,13-15,17H2,1H3,(H,32,35)/t25-/m0/s1. The van der Waals surface area contributed by atoms with Crippen LogP contribution in [0.2, 0.25) is 20.1 Å². The SMILES string of the molecule is CCCNC(=O)[C@H](Cc1ccccc1)N(Cc1c(Cl)cccc1Cl)C(=O)Cc1ccc(Cl)cc1Cl. The molecule has 3 aromatic rings. The summed E-state index contributed by atoms with van der Waals surface area (Å²) in [6.45, 7) is 2.54. The first-order valence-corrected chi connectivity index (χ1v) is 12.8. The van der Waals surface area contributed by atoms with Crippen LogP contribution in [0.5, 0.6) is 0 Å². The monoisotopic (exact) mass is 550 g/mol. The molecule has 0 aliphatic heterocycles. The molecule has 0 aliphatic rings. The smallest absolute Gasteiger partial charge is 0.243 e. The first-order valence-electron chi connectivity index (χ1n) is 11.3. The summed E-state index contributed by atoms with van der Waals surface area (Å²) >= 11 is 25.3. The number of amides is 2. The zero-order chi connectivity index (χ0) is 25.4. The molecule has 0 unspecified atom stereocenters. The lowest BCUT2D eigenvalue weighted by atomic mass is 10.0. The minimum atomic E-state index is -0.783. The summed E-state index contributed by atoms with van der Waals surface area (Å²) < 4.78 is 0. The van der Waals surface area contributed by atoms with Crippen LogP contribution in [0.1, 0.15) is 30.0 Å². The second kappa shape index (κ2) is 13.2. The molecule has 0 aliphatic carbocycles. The average molecular weight is 552 g/mol. The predicted octanol–water partition coefficient (Wildman–Crippen LogP) is 7.01. The topological polar surface area (TPSA) is 49.4 Å². The molecule has 0 aromatic heterocycles. The normalized spacial score (nSPS) is 11.7. The van der Waals surface area contributed by atoms with Crippen molar-refractivity contribution < 1.29 is 9.59 Å². The summed E-state index contributed by atoms with van der Waals surface area (Å²) in [6.07, 6.45) is 1.09. The van der Waals surface area contributed by atoms with Crippen molar-refractivity contribution in [1.29, 1.82) is 0 Å². The van der Waals surface area contributed by atoms with Crippen LogP contribution in [0.15, 0.2) is 66.7 Å². The minimum Gasteiger partial charge on any atom is -0.354 e. The van der Waals surface area contributed by atoms with E-state index in [-0.39, 0.29) is 24.8 Å². The zero-order valence-corrected chi connectivity index (χ0v) is 22.3. The van der Waals surface area contributed by atoms with Crippen LogP contribution in [0.3, 0.4) is 0 Å². The quantitative estimate of drug-likeness (QED) is 0.294. The molecule has 1 N–H and O–H groups in total. The number of nitrogens with zero attached hydrogens (tertiary/aromatic N) is 1. The van der Waals surface area contributed by atoms with Gasteiger partial charge in [0.15, 0.2) is 0 Å². The van der Waals surface area contributed by atoms with E-state index < -0.39 is 6.04 Å². The van der Waals surface area contributed by atoms with Crippen molar-refractivity contribution in [2.45, 2.75) is 38.8 Å². The van der Waals surface area contributed by atoms with E-state index in [4.69, 9.17) is 46.4 Å². The Morgan fingerprint density at radius 2 is 1.57 bits per heavy atom. The minimum absolute atomic E-state index is 0.00950. The molecule has 0 saturated carbocycles. The van der Waals surface area contributed by atoms with Crippen molar-refractivity contribution in [1.82, 2.24) is 10.2 Å². The van der Waals surface area contributed by atoms with Crippen molar-refractivity contribution in [2.75, 3.05) is 6.54 Å². The summed E-state index contributed by atoms with van der Waals surface area (Å²) in [4.78, 5) is 28.7. The van der Waals surface area contributed by atoms with Crippen LogP contribution in [0, 0.1) is 0 Å². The molecule has 1 atom stereocenters. The first-order chi connectivity index (χ1) is 16.8. The van der Waals surface area contributed by atoms with E-state index in [2.05, 4.69) is 5.32 Å². The van der Waals surface area contributed by atoms with Gasteiger partial charge in [-0.1, -0.05) is 95.8 Å². The van der Waals surface area contributed by atoms with E-state index >= 15 is 0 Å². The summed E-state index contributed by atoms with van der Waals surface area (Å²) in [7, 11) is 0. The summed E-state index contributed by atoms with van der Waals surface area (Å²) in [6, 6.07) is 19.0. The fourth-order valence-electron chi connectivity index (χ4n) is 3.70. The van der Waals surface area contributed by atoms with Crippen LogP contribution >= 0.6 is 46.4 Å². The predicted molar refractivity (Wildman–Crippen MR) is 144 cm³/mol. The average Bonchev–Trinajstić information content (AvgIpc) is 2.83. The molecule has 4 nitrogen and oxygen atoms in total. The summed E-state index contributed by atoms with van der Waals surface area (Å²) in [5, 5.41) is 4.65. The second-order valence-electron chi connectivity index (χ2n) is 8.13. The number of rotatable bonds is 10. The number of halogens is 4. The molecule has 0 bridgehead atoms.